The Morgan fingerprint density at radius 1 is 1.56 bits per heavy atom. The van der Waals surface area contributed by atoms with Crippen molar-refractivity contribution in [3.05, 3.63) is 17.3 Å². The molecule has 18 heavy (non-hydrogen) atoms. The first-order valence-electron chi connectivity index (χ1n) is 6.06. The Kier molecular flexibility index (Phi) is 3.36. The first kappa shape index (κ1) is 12.6. The second-order valence-corrected chi connectivity index (χ2v) is 4.94. The number of piperidine rings is 1. The molecule has 1 aliphatic heterocycles. The topological polar surface area (TPSA) is 92.3 Å². The highest BCUT2D eigenvalue weighted by molar-refractivity contribution is 5.65. The van der Waals surface area contributed by atoms with Crippen LogP contribution in [0.5, 0.6) is 0 Å². The lowest BCUT2D eigenvalue weighted by Gasteiger charge is -2.35. The van der Waals surface area contributed by atoms with Gasteiger partial charge in [0.1, 0.15) is 5.82 Å². The van der Waals surface area contributed by atoms with Crippen molar-refractivity contribution in [2.24, 2.45) is 5.92 Å². The highest BCUT2D eigenvalue weighted by Crippen LogP contribution is 2.33. The van der Waals surface area contributed by atoms with Crippen molar-refractivity contribution in [3.8, 4) is 0 Å². The van der Waals surface area contributed by atoms with Gasteiger partial charge >= 0.3 is 6.09 Å². The van der Waals surface area contributed by atoms with E-state index in [-0.39, 0.29) is 11.8 Å². The highest BCUT2D eigenvalue weighted by Gasteiger charge is 2.31. The predicted octanol–water partition coefficient (Wildman–Crippen LogP) is 1.47. The summed E-state index contributed by atoms with van der Waals surface area (Å²) in [5.41, 5.74) is 7.57. The van der Waals surface area contributed by atoms with Crippen molar-refractivity contribution in [3.63, 3.8) is 0 Å². The monoisotopic (exact) mass is 250 g/mol. The molecule has 0 bridgehead atoms. The lowest BCUT2D eigenvalue weighted by molar-refractivity contribution is 0.115. The fourth-order valence-corrected chi connectivity index (χ4v) is 2.61. The molecule has 1 fully saturated rings. The number of carbonyl (C=O) groups is 1. The molecule has 2 atom stereocenters. The van der Waals surface area contributed by atoms with Crippen molar-refractivity contribution in [1.82, 2.24) is 15.1 Å². The number of hydrogen-bond donors (Lipinski definition) is 2. The highest BCUT2D eigenvalue weighted by atomic mass is 16.4. The summed E-state index contributed by atoms with van der Waals surface area (Å²) < 4.78 is 0. The van der Waals surface area contributed by atoms with Gasteiger partial charge in [0.25, 0.3) is 0 Å². The molecule has 0 saturated carbocycles. The number of rotatable bonds is 1. The normalized spacial score (nSPS) is 24.0. The van der Waals surface area contributed by atoms with Crippen molar-refractivity contribution < 1.29 is 9.90 Å². The lowest BCUT2D eigenvalue weighted by atomic mass is 9.83. The van der Waals surface area contributed by atoms with Crippen LogP contribution >= 0.6 is 0 Å². The molecule has 0 spiro atoms. The molecule has 1 aromatic heterocycles. The SMILES string of the molecule is Cc1cc(N)nnc1[C@H]1CCN(C(=O)O)C[C@@H]1C. The molecule has 1 aromatic rings. The zero-order valence-electron chi connectivity index (χ0n) is 10.6. The summed E-state index contributed by atoms with van der Waals surface area (Å²) >= 11 is 0. The van der Waals surface area contributed by atoms with Gasteiger partial charge in [-0.2, -0.15) is 5.10 Å². The quantitative estimate of drug-likeness (QED) is 0.787. The van der Waals surface area contributed by atoms with Gasteiger partial charge in [-0.25, -0.2) is 4.79 Å². The number of hydrogen-bond acceptors (Lipinski definition) is 4. The van der Waals surface area contributed by atoms with E-state index in [1.165, 1.54) is 4.90 Å². The van der Waals surface area contributed by atoms with Crippen LogP contribution < -0.4 is 5.73 Å². The summed E-state index contributed by atoms with van der Waals surface area (Å²) in [6, 6.07) is 1.82. The van der Waals surface area contributed by atoms with Gasteiger partial charge in [0.2, 0.25) is 0 Å². The molecule has 0 radical (unpaired) electrons. The van der Waals surface area contributed by atoms with E-state index < -0.39 is 6.09 Å². The summed E-state index contributed by atoms with van der Waals surface area (Å²) in [6.07, 6.45) is -0.0622. The van der Waals surface area contributed by atoms with Gasteiger partial charge in [0, 0.05) is 19.0 Å². The first-order valence-corrected chi connectivity index (χ1v) is 6.06. The molecule has 2 rings (SSSR count). The van der Waals surface area contributed by atoms with Crippen molar-refractivity contribution in [2.45, 2.75) is 26.2 Å². The number of anilines is 1. The van der Waals surface area contributed by atoms with Crippen LogP contribution in [0.15, 0.2) is 6.07 Å². The third-order valence-corrected chi connectivity index (χ3v) is 3.57. The van der Waals surface area contributed by atoms with Crippen molar-refractivity contribution >= 4 is 11.9 Å². The Morgan fingerprint density at radius 2 is 2.28 bits per heavy atom. The molecular weight excluding hydrogens is 232 g/mol. The first-order chi connectivity index (χ1) is 8.49. The molecule has 1 aliphatic rings. The predicted molar refractivity (Wildman–Crippen MR) is 67.3 cm³/mol. The smallest absolute Gasteiger partial charge is 0.407 e. The third kappa shape index (κ3) is 2.37. The fraction of sp³-hybridized carbons (Fsp3) is 0.583. The summed E-state index contributed by atoms with van der Waals surface area (Å²) in [5, 5.41) is 17.1. The van der Waals surface area contributed by atoms with Crippen LogP contribution in [0.3, 0.4) is 0 Å². The number of nitrogens with zero attached hydrogens (tertiary/aromatic N) is 3. The molecule has 6 nitrogen and oxygen atoms in total. The van der Waals surface area contributed by atoms with Crippen molar-refractivity contribution in [2.75, 3.05) is 18.8 Å². The van der Waals surface area contributed by atoms with E-state index in [1.807, 2.05) is 13.0 Å². The number of nitrogen functional groups attached to an aromatic ring is 1. The molecular formula is C12H18N4O2. The Hall–Kier alpha value is -1.85. The molecule has 1 amide bonds. The number of amides is 1. The van der Waals surface area contributed by atoms with Crippen LogP contribution in [0, 0.1) is 12.8 Å². The van der Waals surface area contributed by atoms with Gasteiger partial charge < -0.3 is 15.7 Å². The molecule has 3 N–H and O–H groups in total. The molecule has 1 saturated heterocycles. The van der Waals surface area contributed by atoms with Crippen molar-refractivity contribution in [1.29, 1.82) is 0 Å². The van der Waals surface area contributed by atoms with Crippen LogP contribution in [0.2, 0.25) is 0 Å². The molecule has 0 unspecified atom stereocenters. The van der Waals surface area contributed by atoms with E-state index >= 15 is 0 Å². The maximum absolute atomic E-state index is 10.9. The number of likely N-dealkylation sites (tertiary alicyclic amines) is 1. The standard InChI is InChI=1S/C12H18N4O2/c1-7-5-10(13)14-15-11(7)9-3-4-16(12(17)18)6-8(9)2/h5,8-9H,3-4,6H2,1-2H3,(H2,13,14)(H,17,18)/t8-,9-/m0/s1. The molecule has 0 aliphatic carbocycles. The van der Waals surface area contributed by atoms with E-state index in [0.717, 1.165) is 17.7 Å². The van der Waals surface area contributed by atoms with E-state index in [1.54, 1.807) is 0 Å². The Bertz CT molecular complexity index is 463. The van der Waals surface area contributed by atoms with E-state index in [9.17, 15) is 4.79 Å². The second kappa shape index (κ2) is 4.80. The zero-order valence-corrected chi connectivity index (χ0v) is 10.6. The average Bonchev–Trinajstić information content (AvgIpc) is 2.30. The van der Waals surface area contributed by atoms with Gasteiger partial charge in [-0.15, -0.1) is 5.10 Å². The van der Waals surface area contributed by atoms with Gasteiger partial charge in [-0.1, -0.05) is 6.92 Å². The second-order valence-electron chi connectivity index (χ2n) is 4.94. The summed E-state index contributed by atoms with van der Waals surface area (Å²) in [4.78, 5) is 12.4. The number of aryl methyl sites for hydroxylation is 1. The average molecular weight is 250 g/mol. The molecule has 0 aromatic carbocycles. The van der Waals surface area contributed by atoms with Gasteiger partial charge in [-0.05, 0) is 30.9 Å². The van der Waals surface area contributed by atoms with Gasteiger partial charge in [0.15, 0.2) is 0 Å². The lowest BCUT2D eigenvalue weighted by Crippen LogP contribution is -2.41. The minimum Gasteiger partial charge on any atom is -0.465 e. The third-order valence-electron chi connectivity index (χ3n) is 3.57. The largest absolute Gasteiger partial charge is 0.465 e. The van der Waals surface area contributed by atoms with E-state index in [2.05, 4.69) is 17.1 Å². The van der Waals surface area contributed by atoms with Crippen LogP contribution in [0.1, 0.15) is 30.5 Å². The Morgan fingerprint density at radius 3 is 2.83 bits per heavy atom. The molecule has 98 valence electrons. The number of aromatic nitrogens is 2. The van der Waals surface area contributed by atoms with Crippen LogP contribution in [-0.4, -0.2) is 39.4 Å². The maximum Gasteiger partial charge on any atom is 0.407 e. The van der Waals surface area contributed by atoms with Gasteiger partial charge in [0.05, 0.1) is 5.69 Å². The summed E-state index contributed by atoms with van der Waals surface area (Å²) in [5.74, 6) is 0.923. The van der Waals surface area contributed by atoms with E-state index in [4.69, 9.17) is 10.8 Å². The number of carboxylic acid groups (broad SMARTS) is 1. The summed E-state index contributed by atoms with van der Waals surface area (Å²) in [7, 11) is 0. The minimum atomic E-state index is -0.847. The maximum atomic E-state index is 10.9. The minimum absolute atomic E-state index is 0.242. The molecule has 6 heteroatoms. The van der Waals surface area contributed by atoms with Crippen LogP contribution in [0.25, 0.3) is 0 Å². The Balaban J connectivity index is 2.17. The molecule has 2 heterocycles. The zero-order chi connectivity index (χ0) is 13.3. The Labute approximate surface area is 106 Å². The number of nitrogens with two attached hydrogens (primary N) is 1. The summed E-state index contributed by atoms with van der Waals surface area (Å²) in [6.45, 7) is 5.12. The fourth-order valence-electron chi connectivity index (χ4n) is 2.61. The van der Waals surface area contributed by atoms with E-state index in [0.29, 0.717) is 18.9 Å². The van der Waals surface area contributed by atoms with Crippen LogP contribution in [-0.2, 0) is 0 Å². The van der Waals surface area contributed by atoms with Gasteiger partial charge in [-0.3, -0.25) is 0 Å². The van der Waals surface area contributed by atoms with Crippen LogP contribution in [0.4, 0.5) is 10.6 Å².